The van der Waals surface area contributed by atoms with Crippen molar-refractivity contribution in [2.75, 3.05) is 6.61 Å². The van der Waals surface area contributed by atoms with Gasteiger partial charge in [-0.25, -0.2) is 14.2 Å². The van der Waals surface area contributed by atoms with Gasteiger partial charge < -0.3 is 14.2 Å². The summed E-state index contributed by atoms with van der Waals surface area (Å²) >= 11 is 6.20. The molecule has 0 aromatic heterocycles. The maximum Gasteiger partial charge on any atom is 0.363 e. The molecular formula is C20H15ClFNO5. The number of nitrogens with zero attached hydrogens (tertiary/aromatic N) is 1. The molecule has 0 aliphatic carbocycles. The lowest BCUT2D eigenvalue weighted by molar-refractivity contribution is -0.132. The molecule has 3 rings (SSSR count). The molecule has 0 fully saturated rings. The zero-order valence-electron chi connectivity index (χ0n) is 15.0. The van der Waals surface area contributed by atoms with Gasteiger partial charge in [0.05, 0.1) is 11.6 Å². The number of cyclic esters (lactones) is 1. The monoisotopic (exact) mass is 403 g/mol. The van der Waals surface area contributed by atoms with Crippen LogP contribution in [0.4, 0.5) is 4.39 Å². The first-order chi connectivity index (χ1) is 13.4. The zero-order chi connectivity index (χ0) is 20.3. The Balaban J connectivity index is 1.98. The molecule has 0 spiro atoms. The van der Waals surface area contributed by atoms with Gasteiger partial charge in [-0.2, -0.15) is 0 Å². The number of halogens is 2. The highest BCUT2D eigenvalue weighted by Gasteiger charge is 2.25. The summed E-state index contributed by atoms with van der Waals surface area (Å²) in [6, 6.07) is 8.62. The minimum absolute atomic E-state index is 0.00316. The van der Waals surface area contributed by atoms with Gasteiger partial charge >= 0.3 is 11.9 Å². The van der Waals surface area contributed by atoms with Crippen LogP contribution >= 0.6 is 11.6 Å². The van der Waals surface area contributed by atoms with Crippen molar-refractivity contribution >= 4 is 35.5 Å². The molecule has 0 amide bonds. The Morgan fingerprint density at radius 2 is 2.11 bits per heavy atom. The molecule has 0 saturated carbocycles. The standard InChI is InChI=1S/C20H15ClFNO5/c1-3-26-17-9-12(7-15(21)18(17)27-11(2)24)8-16-20(25)28-19(23-16)13-5-4-6-14(22)10-13/h4-10H,3H2,1-2H3/b16-8+. The van der Waals surface area contributed by atoms with Crippen molar-refractivity contribution in [2.24, 2.45) is 4.99 Å². The van der Waals surface area contributed by atoms with Crippen LogP contribution in [0.2, 0.25) is 5.02 Å². The topological polar surface area (TPSA) is 74.2 Å². The van der Waals surface area contributed by atoms with Gasteiger partial charge in [-0.1, -0.05) is 17.7 Å². The molecule has 8 heteroatoms. The third kappa shape index (κ3) is 4.37. The normalized spacial score (nSPS) is 14.6. The molecule has 2 aromatic rings. The SMILES string of the molecule is CCOc1cc(/C=C2/N=C(c3cccc(F)c3)OC2=O)cc(Cl)c1OC(C)=O. The molecule has 2 aromatic carbocycles. The third-order valence-corrected chi connectivity index (χ3v) is 3.85. The fourth-order valence-electron chi connectivity index (χ4n) is 2.49. The first-order valence-electron chi connectivity index (χ1n) is 8.30. The number of rotatable bonds is 5. The Morgan fingerprint density at radius 3 is 2.79 bits per heavy atom. The second-order valence-corrected chi connectivity index (χ2v) is 6.11. The van der Waals surface area contributed by atoms with E-state index in [1.54, 1.807) is 19.1 Å². The number of benzene rings is 2. The van der Waals surface area contributed by atoms with E-state index in [2.05, 4.69) is 4.99 Å². The summed E-state index contributed by atoms with van der Waals surface area (Å²) < 4.78 is 29.1. The van der Waals surface area contributed by atoms with Gasteiger partial charge in [0.1, 0.15) is 5.82 Å². The van der Waals surface area contributed by atoms with E-state index in [0.717, 1.165) is 0 Å². The molecule has 0 N–H and O–H groups in total. The Kier molecular flexibility index (Phi) is 5.75. The third-order valence-electron chi connectivity index (χ3n) is 3.57. The van der Waals surface area contributed by atoms with Crippen LogP contribution in [0, 0.1) is 5.82 Å². The van der Waals surface area contributed by atoms with Crippen LogP contribution in [0.1, 0.15) is 25.0 Å². The highest BCUT2D eigenvalue weighted by molar-refractivity contribution is 6.32. The van der Waals surface area contributed by atoms with E-state index in [-0.39, 0.29) is 28.1 Å². The van der Waals surface area contributed by atoms with Crippen LogP contribution in [0.15, 0.2) is 47.1 Å². The average Bonchev–Trinajstić information content (AvgIpc) is 2.99. The van der Waals surface area contributed by atoms with E-state index in [9.17, 15) is 14.0 Å². The molecular weight excluding hydrogens is 389 g/mol. The fourth-order valence-corrected chi connectivity index (χ4v) is 2.75. The number of hydrogen-bond donors (Lipinski definition) is 0. The molecule has 0 atom stereocenters. The number of esters is 2. The van der Waals surface area contributed by atoms with Crippen molar-refractivity contribution in [1.82, 2.24) is 0 Å². The maximum absolute atomic E-state index is 13.4. The van der Waals surface area contributed by atoms with Gasteiger partial charge in [-0.3, -0.25) is 4.79 Å². The average molecular weight is 404 g/mol. The molecule has 0 bridgehead atoms. The minimum atomic E-state index is -0.683. The molecule has 0 radical (unpaired) electrons. The van der Waals surface area contributed by atoms with E-state index in [0.29, 0.717) is 17.7 Å². The lowest BCUT2D eigenvalue weighted by atomic mass is 10.1. The van der Waals surface area contributed by atoms with Gasteiger partial charge in [0.2, 0.25) is 5.90 Å². The Labute approximate surface area is 165 Å². The molecule has 1 aliphatic rings. The van der Waals surface area contributed by atoms with Crippen LogP contribution in [0.3, 0.4) is 0 Å². The van der Waals surface area contributed by atoms with Gasteiger partial charge in [0.25, 0.3) is 0 Å². The highest BCUT2D eigenvalue weighted by atomic mass is 35.5. The molecule has 6 nitrogen and oxygen atoms in total. The Bertz CT molecular complexity index is 1020. The van der Waals surface area contributed by atoms with Crippen LogP contribution in [-0.2, 0) is 14.3 Å². The first kappa shape index (κ1) is 19.6. The molecule has 1 aliphatic heterocycles. The van der Waals surface area contributed by atoms with E-state index < -0.39 is 17.8 Å². The summed E-state index contributed by atoms with van der Waals surface area (Å²) in [4.78, 5) is 27.5. The second kappa shape index (κ2) is 8.22. The van der Waals surface area contributed by atoms with Crippen LogP contribution < -0.4 is 9.47 Å². The molecule has 0 unspecified atom stereocenters. The van der Waals surface area contributed by atoms with Crippen molar-refractivity contribution in [3.63, 3.8) is 0 Å². The molecule has 144 valence electrons. The van der Waals surface area contributed by atoms with Crippen molar-refractivity contribution in [1.29, 1.82) is 0 Å². The van der Waals surface area contributed by atoms with Crippen LogP contribution in [0.25, 0.3) is 6.08 Å². The van der Waals surface area contributed by atoms with Crippen LogP contribution in [0.5, 0.6) is 11.5 Å². The van der Waals surface area contributed by atoms with E-state index in [4.69, 9.17) is 25.8 Å². The highest BCUT2D eigenvalue weighted by Crippen LogP contribution is 2.37. The summed E-state index contributed by atoms with van der Waals surface area (Å²) in [7, 11) is 0. The van der Waals surface area contributed by atoms with Crippen molar-refractivity contribution in [3.05, 3.63) is 64.1 Å². The van der Waals surface area contributed by atoms with Crippen LogP contribution in [-0.4, -0.2) is 24.4 Å². The number of carbonyl (C=O) groups is 2. The maximum atomic E-state index is 13.4. The first-order valence-corrected chi connectivity index (χ1v) is 8.68. The van der Waals surface area contributed by atoms with Gasteiger partial charge in [0.15, 0.2) is 17.2 Å². The van der Waals surface area contributed by atoms with Gasteiger partial charge in [-0.15, -0.1) is 0 Å². The number of hydrogen-bond acceptors (Lipinski definition) is 6. The van der Waals surface area contributed by atoms with E-state index in [1.807, 2.05) is 0 Å². The number of ether oxygens (including phenoxy) is 3. The minimum Gasteiger partial charge on any atom is -0.490 e. The summed E-state index contributed by atoms with van der Waals surface area (Å²) in [5.41, 5.74) is 0.841. The molecule has 0 saturated heterocycles. The molecule has 1 heterocycles. The lowest BCUT2D eigenvalue weighted by Crippen LogP contribution is -2.06. The molecule has 28 heavy (non-hydrogen) atoms. The summed E-state index contributed by atoms with van der Waals surface area (Å²) in [5.74, 6) is -1.35. The zero-order valence-corrected chi connectivity index (χ0v) is 15.7. The summed E-state index contributed by atoms with van der Waals surface area (Å²) in [5, 5.41) is 0.133. The predicted molar refractivity (Wildman–Crippen MR) is 101 cm³/mol. The van der Waals surface area contributed by atoms with Crippen molar-refractivity contribution in [3.8, 4) is 11.5 Å². The quantitative estimate of drug-likeness (QED) is 0.426. The van der Waals surface area contributed by atoms with E-state index >= 15 is 0 Å². The van der Waals surface area contributed by atoms with E-state index in [1.165, 1.54) is 37.3 Å². The fraction of sp³-hybridized carbons (Fsp3) is 0.150. The van der Waals surface area contributed by atoms with Crippen molar-refractivity contribution < 1.29 is 28.2 Å². The van der Waals surface area contributed by atoms with Gasteiger partial charge in [0, 0.05) is 12.5 Å². The summed E-state index contributed by atoms with van der Waals surface area (Å²) in [6.45, 7) is 3.33. The Hall–Kier alpha value is -3.19. The summed E-state index contributed by atoms with van der Waals surface area (Å²) in [6.07, 6.45) is 1.45. The second-order valence-electron chi connectivity index (χ2n) is 5.70. The Morgan fingerprint density at radius 1 is 1.32 bits per heavy atom. The van der Waals surface area contributed by atoms with Gasteiger partial charge in [-0.05, 0) is 48.9 Å². The lowest BCUT2D eigenvalue weighted by Gasteiger charge is -2.12. The number of aliphatic imine (C=N–C) groups is 1. The smallest absolute Gasteiger partial charge is 0.363 e. The largest absolute Gasteiger partial charge is 0.490 e. The number of carbonyl (C=O) groups excluding carboxylic acids is 2. The van der Waals surface area contributed by atoms with Crippen molar-refractivity contribution in [2.45, 2.75) is 13.8 Å². The predicted octanol–water partition coefficient (Wildman–Crippen LogP) is 4.15.